The highest BCUT2D eigenvalue weighted by atomic mass is 79.9. The van der Waals surface area contributed by atoms with Crippen molar-refractivity contribution < 1.29 is 9.53 Å². The molecule has 0 saturated heterocycles. The van der Waals surface area contributed by atoms with E-state index in [1.165, 1.54) is 6.42 Å². The first-order chi connectivity index (χ1) is 6.79. The molecule has 0 heterocycles. The number of aldehydes is 1. The zero-order valence-electron chi connectivity index (χ0n) is 7.70. The molecule has 1 aliphatic rings. The first-order valence-corrected chi connectivity index (χ1v) is 5.50. The second-order valence-electron chi connectivity index (χ2n) is 3.48. The molecule has 0 atom stereocenters. The van der Waals surface area contributed by atoms with Gasteiger partial charge in [0.2, 0.25) is 0 Å². The average Bonchev–Trinajstić information content (AvgIpc) is 2.13. The van der Waals surface area contributed by atoms with Crippen molar-refractivity contribution in [1.29, 1.82) is 0 Å². The van der Waals surface area contributed by atoms with E-state index in [-0.39, 0.29) is 0 Å². The van der Waals surface area contributed by atoms with Gasteiger partial charge in [0, 0.05) is 5.56 Å². The summed E-state index contributed by atoms with van der Waals surface area (Å²) in [7, 11) is 0. The Hall–Kier alpha value is -0.830. The fourth-order valence-corrected chi connectivity index (χ4v) is 1.84. The maximum absolute atomic E-state index is 10.5. The first kappa shape index (κ1) is 9.71. The van der Waals surface area contributed by atoms with E-state index in [1.54, 1.807) is 12.1 Å². The SMILES string of the molecule is O=Cc1ccc(OC2CCC2)c(Br)c1. The standard InChI is InChI=1S/C11H11BrO2/c12-10-6-8(7-13)4-5-11(10)14-9-2-1-3-9/h4-7,9H,1-3H2. The quantitative estimate of drug-likeness (QED) is 0.775. The number of carbonyl (C=O) groups is 1. The second kappa shape index (κ2) is 4.13. The highest BCUT2D eigenvalue weighted by Gasteiger charge is 2.19. The number of hydrogen-bond donors (Lipinski definition) is 0. The molecule has 0 N–H and O–H groups in total. The van der Waals surface area contributed by atoms with Crippen LogP contribution in [-0.4, -0.2) is 12.4 Å². The Morgan fingerprint density at radius 1 is 1.43 bits per heavy atom. The lowest BCUT2D eigenvalue weighted by molar-refractivity contribution is 0.112. The van der Waals surface area contributed by atoms with Gasteiger partial charge in [0.05, 0.1) is 10.6 Å². The van der Waals surface area contributed by atoms with E-state index >= 15 is 0 Å². The molecule has 0 aromatic heterocycles. The van der Waals surface area contributed by atoms with Gasteiger partial charge in [-0.2, -0.15) is 0 Å². The van der Waals surface area contributed by atoms with Crippen LogP contribution in [0.1, 0.15) is 29.6 Å². The number of halogens is 1. The summed E-state index contributed by atoms with van der Waals surface area (Å²) in [6, 6.07) is 5.39. The highest BCUT2D eigenvalue weighted by molar-refractivity contribution is 9.10. The van der Waals surface area contributed by atoms with Crippen molar-refractivity contribution in [2.24, 2.45) is 0 Å². The fraction of sp³-hybridized carbons (Fsp3) is 0.364. The molecule has 2 nitrogen and oxygen atoms in total. The van der Waals surface area contributed by atoms with Crippen molar-refractivity contribution >= 4 is 22.2 Å². The van der Waals surface area contributed by atoms with Crippen LogP contribution in [0, 0.1) is 0 Å². The van der Waals surface area contributed by atoms with Gasteiger partial charge in [-0.05, 0) is 53.4 Å². The van der Waals surface area contributed by atoms with Crippen LogP contribution in [0.15, 0.2) is 22.7 Å². The van der Waals surface area contributed by atoms with E-state index in [9.17, 15) is 4.79 Å². The molecule has 1 saturated carbocycles. The van der Waals surface area contributed by atoms with Crippen LogP contribution in [0.3, 0.4) is 0 Å². The molecule has 14 heavy (non-hydrogen) atoms. The van der Waals surface area contributed by atoms with E-state index in [2.05, 4.69) is 15.9 Å². The summed E-state index contributed by atoms with van der Waals surface area (Å²) >= 11 is 3.39. The lowest BCUT2D eigenvalue weighted by atomic mass is 9.96. The van der Waals surface area contributed by atoms with E-state index in [0.29, 0.717) is 11.7 Å². The summed E-state index contributed by atoms with van der Waals surface area (Å²) in [5.41, 5.74) is 0.665. The molecule has 1 aliphatic carbocycles. The van der Waals surface area contributed by atoms with E-state index in [1.807, 2.05) is 6.07 Å². The van der Waals surface area contributed by atoms with Gasteiger partial charge in [0.15, 0.2) is 0 Å². The van der Waals surface area contributed by atoms with Crippen LogP contribution in [0.25, 0.3) is 0 Å². The first-order valence-electron chi connectivity index (χ1n) is 4.71. The minimum Gasteiger partial charge on any atom is -0.489 e. The molecule has 2 rings (SSSR count). The lowest BCUT2D eigenvalue weighted by Crippen LogP contribution is -2.24. The molecule has 1 aromatic rings. The Balaban J connectivity index is 2.12. The molecule has 74 valence electrons. The van der Waals surface area contributed by atoms with Crippen LogP contribution in [-0.2, 0) is 0 Å². The largest absolute Gasteiger partial charge is 0.489 e. The van der Waals surface area contributed by atoms with Crippen LogP contribution >= 0.6 is 15.9 Å². The third-order valence-corrected chi connectivity index (χ3v) is 3.06. The minimum absolute atomic E-state index is 0.369. The lowest BCUT2D eigenvalue weighted by Gasteiger charge is -2.26. The van der Waals surface area contributed by atoms with Gasteiger partial charge in [0.25, 0.3) is 0 Å². The Morgan fingerprint density at radius 2 is 2.21 bits per heavy atom. The maximum Gasteiger partial charge on any atom is 0.150 e. The monoisotopic (exact) mass is 254 g/mol. The average molecular weight is 255 g/mol. The molecular weight excluding hydrogens is 244 g/mol. The Bertz CT molecular complexity index is 345. The molecule has 0 bridgehead atoms. The van der Waals surface area contributed by atoms with E-state index in [0.717, 1.165) is 29.4 Å². The van der Waals surface area contributed by atoms with Crippen molar-refractivity contribution in [2.75, 3.05) is 0 Å². The van der Waals surface area contributed by atoms with Crippen LogP contribution in [0.4, 0.5) is 0 Å². The number of benzene rings is 1. The van der Waals surface area contributed by atoms with Crippen molar-refractivity contribution in [1.82, 2.24) is 0 Å². The number of ether oxygens (including phenoxy) is 1. The molecule has 1 aromatic carbocycles. The normalized spacial score (nSPS) is 16.1. The van der Waals surface area contributed by atoms with E-state index in [4.69, 9.17) is 4.74 Å². The molecule has 1 fully saturated rings. The smallest absolute Gasteiger partial charge is 0.150 e. The zero-order valence-corrected chi connectivity index (χ0v) is 9.29. The molecule has 0 unspecified atom stereocenters. The Morgan fingerprint density at radius 3 is 2.71 bits per heavy atom. The van der Waals surface area contributed by atoms with Crippen LogP contribution in [0.2, 0.25) is 0 Å². The molecule has 0 spiro atoms. The van der Waals surface area contributed by atoms with Gasteiger partial charge in [-0.3, -0.25) is 4.79 Å². The van der Waals surface area contributed by atoms with Crippen LogP contribution < -0.4 is 4.74 Å². The molecular formula is C11H11BrO2. The van der Waals surface area contributed by atoms with Crippen molar-refractivity contribution in [3.8, 4) is 5.75 Å². The summed E-state index contributed by atoms with van der Waals surface area (Å²) in [5, 5.41) is 0. The molecule has 0 amide bonds. The van der Waals surface area contributed by atoms with Crippen LogP contribution in [0.5, 0.6) is 5.75 Å². The number of hydrogen-bond acceptors (Lipinski definition) is 2. The van der Waals surface area contributed by atoms with Gasteiger partial charge in [-0.1, -0.05) is 0 Å². The third-order valence-electron chi connectivity index (χ3n) is 2.44. The number of carbonyl (C=O) groups excluding carboxylic acids is 1. The Kier molecular flexibility index (Phi) is 2.87. The third kappa shape index (κ3) is 1.98. The van der Waals surface area contributed by atoms with Gasteiger partial charge >= 0.3 is 0 Å². The molecule has 0 aliphatic heterocycles. The van der Waals surface area contributed by atoms with Gasteiger partial charge in [-0.15, -0.1) is 0 Å². The topological polar surface area (TPSA) is 26.3 Å². The number of rotatable bonds is 3. The van der Waals surface area contributed by atoms with Crippen molar-refractivity contribution in [2.45, 2.75) is 25.4 Å². The predicted octanol–water partition coefficient (Wildman–Crippen LogP) is 3.19. The highest BCUT2D eigenvalue weighted by Crippen LogP contribution is 2.31. The maximum atomic E-state index is 10.5. The fourth-order valence-electron chi connectivity index (χ4n) is 1.35. The van der Waals surface area contributed by atoms with Crippen molar-refractivity contribution in [3.05, 3.63) is 28.2 Å². The Labute approximate surface area is 91.4 Å². The van der Waals surface area contributed by atoms with Gasteiger partial charge < -0.3 is 4.74 Å². The summed E-state index contributed by atoms with van der Waals surface area (Å²) in [4.78, 5) is 10.5. The summed E-state index contributed by atoms with van der Waals surface area (Å²) in [6.45, 7) is 0. The summed E-state index contributed by atoms with van der Waals surface area (Å²) in [6.07, 6.45) is 4.74. The predicted molar refractivity (Wildman–Crippen MR) is 57.8 cm³/mol. The van der Waals surface area contributed by atoms with Crippen molar-refractivity contribution in [3.63, 3.8) is 0 Å². The van der Waals surface area contributed by atoms with E-state index < -0.39 is 0 Å². The minimum atomic E-state index is 0.369. The zero-order chi connectivity index (χ0) is 9.97. The summed E-state index contributed by atoms with van der Waals surface area (Å²) < 4.78 is 6.57. The second-order valence-corrected chi connectivity index (χ2v) is 4.33. The summed E-state index contributed by atoms with van der Waals surface area (Å²) in [5.74, 6) is 0.834. The van der Waals surface area contributed by atoms with Gasteiger partial charge in [0.1, 0.15) is 12.0 Å². The molecule has 3 heteroatoms. The van der Waals surface area contributed by atoms with Gasteiger partial charge in [-0.25, -0.2) is 0 Å². The molecule has 0 radical (unpaired) electrons.